The lowest BCUT2D eigenvalue weighted by Crippen LogP contribution is -2.72. The summed E-state index contributed by atoms with van der Waals surface area (Å²) < 4.78 is 6.50. The number of halogens is 1. The summed E-state index contributed by atoms with van der Waals surface area (Å²) >= 11 is 3.37. The van der Waals surface area contributed by atoms with E-state index in [1.165, 1.54) is 0 Å². The quantitative estimate of drug-likeness (QED) is 0.470. The smallest absolute Gasteiger partial charge is 0.344 e. The maximum absolute atomic E-state index is 12.7. The summed E-state index contributed by atoms with van der Waals surface area (Å²) in [5.41, 5.74) is -0.787. The van der Waals surface area contributed by atoms with Crippen LogP contribution in [0.3, 0.4) is 0 Å². The van der Waals surface area contributed by atoms with Gasteiger partial charge in [-0.25, -0.2) is 4.79 Å². The highest BCUT2D eigenvalue weighted by Crippen LogP contribution is 2.41. The Hall–Kier alpha value is -1.24. The third kappa shape index (κ3) is 3.15. The van der Waals surface area contributed by atoms with E-state index < -0.39 is 11.6 Å². The Bertz CT molecular complexity index is 637. The molecule has 3 fully saturated rings. The van der Waals surface area contributed by atoms with Gasteiger partial charge in [0.05, 0.1) is 19.7 Å². The highest BCUT2D eigenvalue weighted by atomic mass is 79.9. The topological polar surface area (TPSA) is 63.6 Å². The van der Waals surface area contributed by atoms with Gasteiger partial charge in [-0.1, -0.05) is 28.1 Å². The average molecular weight is 397 g/mol. The molecule has 0 amide bonds. The second kappa shape index (κ2) is 6.58. The summed E-state index contributed by atoms with van der Waals surface area (Å²) in [6, 6.07) is 7.31. The molecule has 5 nitrogen and oxygen atoms in total. The van der Waals surface area contributed by atoms with Crippen LogP contribution in [0.1, 0.15) is 30.1 Å². The molecule has 130 valence electrons. The first-order chi connectivity index (χ1) is 11.4. The summed E-state index contributed by atoms with van der Waals surface area (Å²) in [5.74, 6) is -0.540. The van der Waals surface area contributed by atoms with Crippen LogP contribution in [0.5, 0.6) is 0 Å². The van der Waals surface area contributed by atoms with Gasteiger partial charge in [0.2, 0.25) is 11.4 Å². The predicted octanol–water partition coefficient (Wildman–Crippen LogP) is 2.17. The van der Waals surface area contributed by atoms with Crippen LogP contribution in [0, 0.1) is 5.92 Å². The minimum absolute atomic E-state index is 0.0501. The monoisotopic (exact) mass is 396 g/mol. The number of rotatable bonds is 5. The van der Waals surface area contributed by atoms with Gasteiger partial charge in [0.1, 0.15) is 13.1 Å². The number of ketones is 1. The van der Waals surface area contributed by atoms with Crippen LogP contribution in [-0.4, -0.2) is 59.7 Å². The van der Waals surface area contributed by atoms with Crippen molar-refractivity contribution in [3.8, 4) is 0 Å². The Balaban J connectivity index is 1.78. The minimum atomic E-state index is -1.45. The molecule has 0 radical (unpaired) electrons. The van der Waals surface area contributed by atoms with Gasteiger partial charge in [-0.05, 0) is 19.1 Å². The van der Waals surface area contributed by atoms with E-state index in [-0.39, 0.29) is 24.9 Å². The third-order valence-electron chi connectivity index (χ3n) is 5.43. The van der Waals surface area contributed by atoms with Crippen molar-refractivity contribution >= 4 is 27.7 Å². The standard InChI is InChI=1S/C18H23BrNO4/c1-2-24-17(22)18(23)12-20(9-7-14(18)8-10-20)11-16(21)13-3-5-15(19)6-4-13/h3-6,14,23H,2,7-12H2,1H3/q+1/t14?,18-,20?/m0/s1. The second-order valence-corrected chi connectivity index (χ2v) is 7.87. The summed E-state index contributed by atoms with van der Waals surface area (Å²) in [7, 11) is 0. The van der Waals surface area contributed by atoms with Gasteiger partial charge in [-0.2, -0.15) is 0 Å². The minimum Gasteiger partial charge on any atom is -0.464 e. The Kier molecular flexibility index (Phi) is 4.82. The van der Waals surface area contributed by atoms with Crippen LogP contribution in [-0.2, 0) is 9.53 Å². The zero-order chi connectivity index (χ0) is 17.4. The van der Waals surface area contributed by atoms with Crippen LogP contribution in [0.4, 0.5) is 0 Å². The Labute approximate surface area is 150 Å². The number of aliphatic hydroxyl groups is 1. The third-order valence-corrected chi connectivity index (χ3v) is 5.96. The normalized spacial score (nSPS) is 31.7. The Morgan fingerprint density at radius 1 is 1.29 bits per heavy atom. The van der Waals surface area contributed by atoms with Crippen molar-refractivity contribution in [1.29, 1.82) is 0 Å². The maximum Gasteiger partial charge on any atom is 0.344 e. The van der Waals surface area contributed by atoms with E-state index in [1.807, 2.05) is 12.1 Å². The first-order valence-electron chi connectivity index (χ1n) is 8.42. The molecule has 3 heterocycles. The molecular formula is C18H23BrNO4+. The Morgan fingerprint density at radius 3 is 2.50 bits per heavy atom. The van der Waals surface area contributed by atoms with Crippen LogP contribution in [0.15, 0.2) is 28.7 Å². The van der Waals surface area contributed by atoms with E-state index in [1.54, 1.807) is 19.1 Å². The van der Waals surface area contributed by atoms with E-state index in [4.69, 9.17) is 4.74 Å². The summed E-state index contributed by atoms with van der Waals surface area (Å²) in [6.07, 6.45) is 1.51. The first-order valence-corrected chi connectivity index (χ1v) is 9.21. The van der Waals surface area contributed by atoms with E-state index in [0.717, 1.165) is 30.4 Å². The summed E-state index contributed by atoms with van der Waals surface area (Å²) in [4.78, 5) is 25.0. The molecule has 24 heavy (non-hydrogen) atoms. The highest BCUT2D eigenvalue weighted by molar-refractivity contribution is 9.10. The highest BCUT2D eigenvalue weighted by Gasteiger charge is 2.59. The molecule has 4 rings (SSSR count). The van der Waals surface area contributed by atoms with Crippen molar-refractivity contribution in [2.24, 2.45) is 5.92 Å². The van der Waals surface area contributed by atoms with Crippen molar-refractivity contribution in [2.45, 2.75) is 25.4 Å². The van der Waals surface area contributed by atoms with Gasteiger partial charge >= 0.3 is 5.97 Å². The van der Waals surface area contributed by atoms with Crippen LogP contribution < -0.4 is 0 Å². The van der Waals surface area contributed by atoms with Gasteiger partial charge in [0, 0.05) is 28.8 Å². The molecule has 1 atom stereocenters. The average Bonchev–Trinajstić information content (AvgIpc) is 2.56. The number of hydrogen-bond donors (Lipinski definition) is 1. The largest absolute Gasteiger partial charge is 0.464 e. The number of benzene rings is 1. The van der Waals surface area contributed by atoms with Crippen molar-refractivity contribution in [1.82, 2.24) is 0 Å². The molecule has 0 aromatic heterocycles. The number of hydrogen-bond acceptors (Lipinski definition) is 4. The summed E-state index contributed by atoms with van der Waals surface area (Å²) in [6.45, 7) is 4.24. The number of quaternary nitrogens is 1. The molecule has 1 aromatic carbocycles. The molecule has 0 aliphatic carbocycles. The van der Waals surface area contributed by atoms with Crippen LogP contribution in [0.2, 0.25) is 0 Å². The van der Waals surface area contributed by atoms with Crippen molar-refractivity contribution in [2.75, 3.05) is 32.8 Å². The van der Waals surface area contributed by atoms with Gasteiger partial charge in [0.15, 0.2) is 0 Å². The molecule has 0 unspecified atom stereocenters. The maximum atomic E-state index is 12.7. The van der Waals surface area contributed by atoms with Gasteiger partial charge < -0.3 is 14.3 Å². The van der Waals surface area contributed by atoms with E-state index in [0.29, 0.717) is 16.6 Å². The molecule has 1 N–H and O–H groups in total. The number of ether oxygens (including phenoxy) is 1. The van der Waals surface area contributed by atoms with Crippen molar-refractivity contribution in [3.05, 3.63) is 34.3 Å². The lowest BCUT2D eigenvalue weighted by atomic mass is 9.73. The molecule has 1 aromatic rings. The predicted molar refractivity (Wildman–Crippen MR) is 92.5 cm³/mol. The molecule has 0 spiro atoms. The van der Waals surface area contributed by atoms with Gasteiger partial charge in [-0.3, -0.25) is 4.79 Å². The number of carbonyl (C=O) groups is 2. The fourth-order valence-corrected chi connectivity index (χ4v) is 4.39. The molecule has 3 aliphatic rings. The van der Waals surface area contributed by atoms with Crippen molar-refractivity contribution in [3.63, 3.8) is 0 Å². The molecule has 0 saturated carbocycles. The van der Waals surface area contributed by atoms with Crippen LogP contribution >= 0.6 is 15.9 Å². The zero-order valence-corrected chi connectivity index (χ0v) is 15.4. The fourth-order valence-electron chi connectivity index (χ4n) is 4.12. The van der Waals surface area contributed by atoms with Crippen molar-refractivity contribution < 1.29 is 23.9 Å². The number of piperidine rings is 3. The van der Waals surface area contributed by atoms with E-state index in [2.05, 4.69) is 15.9 Å². The SMILES string of the molecule is CCOC(=O)[C@]1(O)C[N+]2(CC(=O)c3ccc(Br)cc3)CCC1CC2. The van der Waals surface area contributed by atoms with Gasteiger partial charge in [-0.15, -0.1) is 0 Å². The molecule has 3 aliphatic heterocycles. The van der Waals surface area contributed by atoms with E-state index >= 15 is 0 Å². The number of fused-ring (bicyclic) bond motifs is 3. The van der Waals surface area contributed by atoms with Gasteiger partial charge in [0.25, 0.3) is 0 Å². The fraction of sp³-hybridized carbons (Fsp3) is 0.556. The first kappa shape index (κ1) is 17.6. The number of carbonyl (C=O) groups excluding carboxylic acids is 2. The molecular weight excluding hydrogens is 374 g/mol. The molecule has 2 bridgehead atoms. The van der Waals surface area contributed by atoms with Crippen LogP contribution in [0.25, 0.3) is 0 Å². The second-order valence-electron chi connectivity index (χ2n) is 6.95. The van der Waals surface area contributed by atoms with E-state index in [9.17, 15) is 14.7 Å². The number of nitrogens with zero attached hydrogens (tertiary/aromatic N) is 1. The lowest BCUT2D eigenvalue weighted by molar-refractivity contribution is -0.941. The Morgan fingerprint density at radius 2 is 1.92 bits per heavy atom. The molecule has 6 heteroatoms. The number of Topliss-reactive ketones (excluding diaryl/α,β-unsaturated/α-hetero) is 1. The zero-order valence-electron chi connectivity index (χ0n) is 13.8. The molecule has 3 saturated heterocycles. The summed E-state index contributed by atoms with van der Waals surface area (Å²) in [5, 5.41) is 10.9. The lowest BCUT2D eigenvalue weighted by Gasteiger charge is -2.54. The number of esters is 1.